The number of thioether (sulfide) groups is 1. The van der Waals surface area contributed by atoms with Crippen LogP contribution in [0.15, 0.2) is 0 Å². The van der Waals surface area contributed by atoms with E-state index in [2.05, 4.69) is 39.0 Å². The Morgan fingerprint density at radius 1 is 1.20 bits per heavy atom. The van der Waals surface area contributed by atoms with E-state index in [0.717, 1.165) is 19.6 Å². The van der Waals surface area contributed by atoms with E-state index in [-0.39, 0.29) is 5.95 Å². The first-order valence-electron chi connectivity index (χ1n) is 7.31. The van der Waals surface area contributed by atoms with Gasteiger partial charge in [0, 0.05) is 19.6 Å². The fraction of sp³-hybridized carbons (Fsp3) is 0.769. The third kappa shape index (κ3) is 4.13. The summed E-state index contributed by atoms with van der Waals surface area (Å²) in [6.07, 6.45) is 2.53. The molecule has 20 heavy (non-hydrogen) atoms. The van der Waals surface area contributed by atoms with Crippen LogP contribution in [-0.4, -0.2) is 46.1 Å². The molecule has 112 valence electrons. The van der Waals surface area contributed by atoms with Gasteiger partial charge in [-0.25, -0.2) is 0 Å². The van der Waals surface area contributed by atoms with Crippen LogP contribution in [0.2, 0.25) is 0 Å². The Labute approximate surface area is 125 Å². The number of anilines is 3. The van der Waals surface area contributed by atoms with Crippen molar-refractivity contribution in [2.24, 2.45) is 5.92 Å². The molecule has 0 amide bonds. The molecule has 6 nitrogen and oxygen atoms in total. The SMILES string of the molecule is CCN(CC)c1nc(N)nc(NCC2CCSCC2)n1. The predicted molar refractivity (Wildman–Crippen MR) is 86.3 cm³/mol. The van der Waals surface area contributed by atoms with Gasteiger partial charge in [-0.15, -0.1) is 0 Å². The van der Waals surface area contributed by atoms with E-state index in [4.69, 9.17) is 5.73 Å². The van der Waals surface area contributed by atoms with Crippen LogP contribution in [0.5, 0.6) is 0 Å². The van der Waals surface area contributed by atoms with Crippen molar-refractivity contribution >= 4 is 29.6 Å². The van der Waals surface area contributed by atoms with Gasteiger partial charge in [0.25, 0.3) is 0 Å². The molecule has 2 heterocycles. The van der Waals surface area contributed by atoms with Gasteiger partial charge >= 0.3 is 0 Å². The van der Waals surface area contributed by atoms with E-state index >= 15 is 0 Å². The molecule has 0 bridgehead atoms. The topological polar surface area (TPSA) is 80.0 Å². The fourth-order valence-electron chi connectivity index (χ4n) is 2.29. The molecular formula is C13H24N6S. The quantitative estimate of drug-likeness (QED) is 0.829. The van der Waals surface area contributed by atoms with Gasteiger partial charge in [-0.1, -0.05) is 0 Å². The van der Waals surface area contributed by atoms with Crippen molar-refractivity contribution in [3.8, 4) is 0 Å². The number of aromatic nitrogens is 3. The summed E-state index contributed by atoms with van der Waals surface area (Å²) in [5.41, 5.74) is 5.78. The summed E-state index contributed by atoms with van der Waals surface area (Å²) < 4.78 is 0. The van der Waals surface area contributed by atoms with Gasteiger partial charge in [0.05, 0.1) is 0 Å². The molecule has 1 fully saturated rings. The smallest absolute Gasteiger partial charge is 0.231 e. The zero-order valence-corrected chi connectivity index (χ0v) is 13.1. The molecule has 0 saturated carbocycles. The van der Waals surface area contributed by atoms with Crippen molar-refractivity contribution in [1.29, 1.82) is 0 Å². The first-order chi connectivity index (χ1) is 9.72. The molecule has 1 saturated heterocycles. The highest BCUT2D eigenvalue weighted by atomic mass is 32.2. The average molecular weight is 296 g/mol. The number of nitrogen functional groups attached to an aromatic ring is 1. The zero-order chi connectivity index (χ0) is 14.4. The lowest BCUT2D eigenvalue weighted by molar-refractivity contribution is 0.514. The minimum Gasteiger partial charge on any atom is -0.368 e. The third-order valence-electron chi connectivity index (χ3n) is 3.58. The van der Waals surface area contributed by atoms with Crippen LogP contribution in [0.1, 0.15) is 26.7 Å². The Hall–Kier alpha value is -1.24. The van der Waals surface area contributed by atoms with Crippen molar-refractivity contribution in [2.45, 2.75) is 26.7 Å². The summed E-state index contributed by atoms with van der Waals surface area (Å²) in [6.45, 7) is 6.80. The van der Waals surface area contributed by atoms with Gasteiger partial charge < -0.3 is 16.0 Å². The van der Waals surface area contributed by atoms with Crippen LogP contribution in [0, 0.1) is 5.92 Å². The average Bonchev–Trinajstić information content (AvgIpc) is 2.47. The summed E-state index contributed by atoms with van der Waals surface area (Å²) in [5.74, 6) is 4.77. The van der Waals surface area contributed by atoms with Crippen LogP contribution in [0.3, 0.4) is 0 Å². The zero-order valence-electron chi connectivity index (χ0n) is 12.3. The van der Waals surface area contributed by atoms with E-state index in [1.807, 2.05) is 11.8 Å². The van der Waals surface area contributed by atoms with Crippen LogP contribution < -0.4 is 16.0 Å². The molecule has 1 aromatic rings. The van der Waals surface area contributed by atoms with Gasteiger partial charge in [-0.3, -0.25) is 0 Å². The summed E-state index contributed by atoms with van der Waals surface area (Å²) >= 11 is 2.04. The van der Waals surface area contributed by atoms with Crippen LogP contribution >= 0.6 is 11.8 Å². The number of nitrogens with two attached hydrogens (primary N) is 1. The number of hydrogen-bond donors (Lipinski definition) is 2. The first-order valence-corrected chi connectivity index (χ1v) is 8.46. The molecule has 1 aliphatic heterocycles. The fourth-order valence-corrected chi connectivity index (χ4v) is 3.50. The Kier molecular flexibility index (Phi) is 5.70. The minimum absolute atomic E-state index is 0.281. The van der Waals surface area contributed by atoms with Crippen molar-refractivity contribution in [1.82, 2.24) is 15.0 Å². The second kappa shape index (κ2) is 7.52. The van der Waals surface area contributed by atoms with Gasteiger partial charge in [0.1, 0.15) is 0 Å². The molecular weight excluding hydrogens is 272 g/mol. The molecule has 0 aromatic carbocycles. The maximum absolute atomic E-state index is 5.78. The number of nitrogens with one attached hydrogen (secondary N) is 1. The highest BCUT2D eigenvalue weighted by Crippen LogP contribution is 2.23. The van der Waals surface area contributed by atoms with Gasteiger partial charge in [0.2, 0.25) is 17.8 Å². The number of rotatable bonds is 6. The molecule has 2 rings (SSSR count). The van der Waals surface area contributed by atoms with E-state index in [9.17, 15) is 0 Å². The van der Waals surface area contributed by atoms with Gasteiger partial charge in [0.15, 0.2) is 0 Å². The van der Waals surface area contributed by atoms with Crippen molar-refractivity contribution < 1.29 is 0 Å². The highest BCUT2D eigenvalue weighted by molar-refractivity contribution is 7.99. The van der Waals surface area contributed by atoms with E-state index in [1.165, 1.54) is 24.3 Å². The molecule has 1 aromatic heterocycles. The molecule has 7 heteroatoms. The van der Waals surface area contributed by atoms with Gasteiger partial charge in [-0.2, -0.15) is 26.7 Å². The van der Waals surface area contributed by atoms with Crippen molar-refractivity contribution in [3.05, 3.63) is 0 Å². The minimum atomic E-state index is 0.281. The predicted octanol–water partition coefficient (Wildman–Crippen LogP) is 1.86. The molecule has 3 N–H and O–H groups in total. The normalized spacial score (nSPS) is 16.1. The maximum atomic E-state index is 5.78. The molecule has 0 aliphatic carbocycles. The van der Waals surface area contributed by atoms with E-state index in [0.29, 0.717) is 17.8 Å². The third-order valence-corrected chi connectivity index (χ3v) is 4.63. The van der Waals surface area contributed by atoms with E-state index < -0.39 is 0 Å². The van der Waals surface area contributed by atoms with Crippen molar-refractivity contribution in [3.63, 3.8) is 0 Å². The van der Waals surface area contributed by atoms with E-state index in [1.54, 1.807) is 0 Å². The number of nitrogens with zero attached hydrogens (tertiary/aromatic N) is 4. The lowest BCUT2D eigenvalue weighted by Crippen LogP contribution is -2.26. The summed E-state index contributed by atoms with van der Waals surface area (Å²) in [6, 6.07) is 0. The van der Waals surface area contributed by atoms with Crippen LogP contribution in [0.4, 0.5) is 17.8 Å². The van der Waals surface area contributed by atoms with Crippen LogP contribution in [-0.2, 0) is 0 Å². The van der Waals surface area contributed by atoms with Crippen LogP contribution in [0.25, 0.3) is 0 Å². The molecule has 0 unspecified atom stereocenters. The summed E-state index contributed by atoms with van der Waals surface area (Å²) in [5, 5.41) is 3.32. The largest absolute Gasteiger partial charge is 0.368 e. The maximum Gasteiger partial charge on any atom is 0.231 e. The Morgan fingerprint density at radius 3 is 2.55 bits per heavy atom. The molecule has 0 atom stereocenters. The lowest BCUT2D eigenvalue weighted by atomic mass is 10.0. The molecule has 0 radical (unpaired) electrons. The Bertz CT molecular complexity index is 417. The number of hydrogen-bond acceptors (Lipinski definition) is 7. The Morgan fingerprint density at radius 2 is 1.90 bits per heavy atom. The standard InChI is InChI=1S/C13H24N6S/c1-3-19(4-2)13-17-11(14)16-12(18-13)15-9-10-5-7-20-8-6-10/h10H,3-9H2,1-2H3,(H3,14,15,16,17,18). The van der Waals surface area contributed by atoms with Crippen molar-refractivity contribution in [2.75, 3.05) is 47.1 Å². The molecule has 0 spiro atoms. The summed E-state index contributed by atoms with van der Waals surface area (Å²) in [7, 11) is 0. The second-order valence-electron chi connectivity index (χ2n) is 4.93. The first kappa shape index (κ1) is 15.2. The lowest BCUT2D eigenvalue weighted by Gasteiger charge is -2.22. The monoisotopic (exact) mass is 296 g/mol. The summed E-state index contributed by atoms with van der Waals surface area (Å²) in [4.78, 5) is 14.9. The molecule has 1 aliphatic rings. The highest BCUT2D eigenvalue weighted by Gasteiger charge is 2.15. The Balaban J connectivity index is 1.99. The second-order valence-corrected chi connectivity index (χ2v) is 6.15. The van der Waals surface area contributed by atoms with Gasteiger partial charge in [-0.05, 0) is 44.1 Å².